The molecule has 0 bridgehead atoms. The summed E-state index contributed by atoms with van der Waals surface area (Å²) in [5.74, 6) is 6.75. The van der Waals surface area contributed by atoms with Gasteiger partial charge >= 0.3 is 0 Å². The molecule has 0 aliphatic heterocycles. The van der Waals surface area contributed by atoms with E-state index >= 15 is 0 Å². The van der Waals surface area contributed by atoms with E-state index < -0.39 is 0 Å². The molecule has 4 heteroatoms. The number of hydrogen-bond donors (Lipinski definition) is 1. The zero-order valence-electron chi connectivity index (χ0n) is 7.96. The molecule has 0 atom stereocenters. The molecular weight excluding hydrogens is 194 g/mol. The number of rotatable bonds is 1. The van der Waals surface area contributed by atoms with Gasteiger partial charge in [-0.3, -0.25) is 0 Å². The second-order valence-electron chi connectivity index (χ2n) is 2.71. The van der Waals surface area contributed by atoms with Crippen molar-refractivity contribution >= 4 is 27.2 Å². The van der Waals surface area contributed by atoms with Crippen LogP contribution in [0.15, 0.2) is 11.6 Å². The molecule has 3 nitrogen and oxygen atoms in total. The van der Waals surface area contributed by atoms with Gasteiger partial charge in [0.15, 0.2) is 5.82 Å². The van der Waals surface area contributed by atoms with Crippen LogP contribution in [0.2, 0.25) is 0 Å². The molecule has 1 N–H and O–H groups in total. The minimum atomic E-state index is 0.793. The second-order valence-corrected chi connectivity index (χ2v) is 3.62. The summed E-state index contributed by atoms with van der Waals surface area (Å²) < 4.78 is 1.11. The molecule has 0 amide bonds. The molecule has 2 aromatic rings. The van der Waals surface area contributed by atoms with Gasteiger partial charge in [-0.15, -0.1) is 22.4 Å². The molecule has 0 aliphatic rings. The first-order valence-electron chi connectivity index (χ1n) is 4.20. The topological polar surface area (TPSA) is 37.8 Å². The Kier molecular flexibility index (Phi) is 2.33. The second kappa shape index (κ2) is 3.64. The molecule has 0 spiro atoms. The van der Waals surface area contributed by atoms with Gasteiger partial charge < -0.3 is 5.32 Å². The van der Waals surface area contributed by atoms with Crippen molar-refractivity contribution in [1.29, 1.82) is 0 Å². The molecule has 0 aromatic carbocycles. The van der Waals surface area contributed by atoms with Crippen molar-refractivity contribution in [2.45, 2.75) is 6.92 Å². The summed E-state index contributed by atoms with van der Waals surface area (Å²) in [6.07, 6.45) is 1.77. The van der Waals surface area contributed by atoms with Crippen LogP contribution in [-0.4, -0.2) is 17.2 Å². The van der Waals surface area contributed by atoms with E-state index in [-0.39, 0.29) is 0 Å². The van der Waals surface area contributed by atoms with Crippen LogP contribution in [0.3, 0.4) is 0 Å². The summed E-state index contributed by atoms with van der Waals surface area (Å²) >= 11 is 1.64. The lowest BCUT2D eigenvalue weighted by molar-refractivity contribution is 1.05. The Labute approximate surface area is 86.2 Å². The molecule has 0 saturated heterocycles. The Morgan fingerprint density at radius 1 is 1.50 bits per heavy atom. The van der Waals surface area contributed by atoms with Crippen LogP contribution in [0.1, 0.15) is 12.5 Å². The van der Waals surface area contributed by atoms with Crippen LogP contribution in [0.5, 0.6) is 0 Å². The highest BCUT2D eigenvalue weighted by Gasteiger charge is 2.07. The lowest BCUT2D eigenvalue weighted by atomic mass is 10.2. The maximum absolute atomic E-state index is 4.02. The van der Waals surface area contributed by atoms with Crippen molar-refractivity contribution in [3.05, 3.63) is 17.1 Å². The smallest absolute Gasteiger partial charge is 0.158 e. The monoisotopic (exact) mass is 203 g/mol. The fraction of sp³-hybridized carbons (Fsp3) is 0.200. The number of thiophene rings is 1. The van der Waals surface area contributed by atoms with Crippen LogP contribution in [-0.2, 0) is 0 Å². The maximum Gasteiger partial charge on any atom is 0.158 e. The molecule has 2 aromatic heterocycles. The summed E-state index contributed by atoms with van der Waals surface area (Å²) in [6.45, 7) is 1.83. The standard InChI is InChI=1S/C10H9N3S/c1-3-4-7-6-14-8-5-12-13-10(11-2)9(7)8/h5-6H,1-2H3,(H,11,13). The minimum Gasteiger partial charge on any atom is -0.371 e. The normalized spacial score (nSPS) is 9.57. The lowest BCUT2D eigenvalue weighted by Gasteiger charge is -1.99. The van der Waals surface area contributed by atoms with Gasteiger partial charge in [-0.2, -0.15) is 5.10 Å². The van der Waals surface area contributed by atoms with E-state index in [1.54, 1.807) is 17.5 Å². The number of nitrogens with zero attached hydrogens (tertiary/aromatic N) is 2. The van der Waals surface area contributed by atoms with Gasteiger partial charge in [0.2, 0.25) is 0 Å². The fourth-order valence-electron chi connectivity index (χ4n) is 1.30. The summed E-state index contributed by atoms with van der Waals surface area (Å²) in [6, 6.07) is 0. The van der Waals surface area contributed by atoms with Gasteiger partial charge in [0.1, 0.15) is 0 Å². The van der Waals surface area contributed by atoms with E-state index in [4.69, 9.17) is 0 Å². The molecule has 70 valence electrons. The van der Waals surface area contributed by atoms with Gasteiger partial charge in [-0.1, -0.05) is 5.92 Å². The minimum absolute atomic E-state index is 0.793. The Morgan fingerprint density at radius 3 is 3.07 bits per heavy atom. The third-order valence-electron chi connectivity index (χ3n) is 1.89. The van der Waals surface area contributed by atoms with Crippen molar-refractivity contribution in [2.24, 2.45) is 0 Å². The van der Waals surface area contributed by atoms with Crippen molar-refractivity contribution in [3.8, 4) is 11.8 Å². The van der Waals surface area contributed by atoms with E-state index in [0.717, 1.165) is 21.5 Å². The quantitative estimate of drug-likeness (QED) is 0.721. The van der Waals surface area contributed by atoms with Gasteiger partial charge in [-0.05, 0) is 6.92 Å². The third kappa shape index (κ3) is 1.32. The number of hydrogen-bond acceptors (Lipinski definition) is 4. The van der Waals surface area contributed by atoms with Crippen LogP contribution in [0.25, 0.3) is 10.1 Å². The number of nitrogens with one attached hydrogen (secondary N) is 1. The van der Waals surface area contributed by atoms with Crippen molar-refractivity contribution in [3.63, 3.8) is 0 Å². The summed E-state index contributed by atoms with van der Waals surface area (Å²) in [7, 11) is 1.84. The van der Waals surface area contributed by atoms with E-state index in [2.05, 4.69) is 27.4 Å². The predicted octanol–water partition coefficient (Wildman–Crippen LogP) is 2.10. The first-order valence-corrected chi connectivity index (χ1v) is 5.08. The lowest BCUT2D eigenvalue weighted by Crippen LogP contribution is -1.94. The maximum atomic E-state index is 4.02. The van der Waals surface area contributed by atoms with Crippen LogP contribution in [0.4, 0.5) is 5.82 Å². The molecule has 0 radical (unpaired) electrons. The van der Waals surface area contributed by atoms with Crippen molar-refractivity contribution in [2.75, 3.05) is 12.4 Å². The van der Waals surface area contributed by atoms with E-state index in [9.17, 15) is 0 Å². The Bertz CT molecular complexity index is 519. The fourth-order valence-corrected chi connectivity index (χ4v) is 2.16. The molecule has 0 aliphatic carbocycles. The zero-order chi connectivity index (χ0) is 9.97. The average molecular weight is 203 g/mol. The van der Waals surface area contributed by atoms with Gasteiger partial charge in [-0.25, -0.2) is 0 Å². The molecule has 0 unspecified atom stereocenters. The van der Waals surface area contributed by atoms with E-state index in [1.807, 2.05) is 19.4 Å². The molecule has 14 heavy (non-hydrogen) atoms. The van der Waals surface area contributed by atoms with Crippen LogP contribution < -0.4 is 5.32 Å². The van der Waals surface area contributed by atoms with Crippen LogP contribution >= 0.6 is 11.3 Å². The van der Waals surface area contributed by atoms with Gasteiger partial charge in [0.05, 0.1) is 16.3 Å². The first-order chi connectivity index (χ1) is 6.86. The predicted molar refractivity (Wildman–Crippen MR) is 59.5 cm³/mol. The highest BCUT2D eigenvalue weighted by atomic mass is 32.1. The van der Waals surface area contributed by atoms with Crippen LogP contribution in [0, 0.1) is 11.8 Å². The highest BCUT2D eigenvalue weighted by molar-refractivity contribution is 7.17. The van der Waals surface area contributed by atoms with E-state index in [1.165, 1.54) is 0 Å². The molecular formula is C10H9N3S. The summed E-state index contributed by atoms with van der Waals surface area (Å²) in [5.41, 5.74) is 1.02. The van der Waals surface area contributed by atoms with Crippen molar-refractivity contribution in [1.82, 2.24) is 10.2 Å². The highest BCUT2D eigenvalue weighted by Crippen LogP contribution is 2.28. The number of anilines is 1. The average Bonchev–Trinajstić information content (AvgIpc) is 2.62. The molecule has 0 saturated carbocycles. The Hall–Kier alpha value is -1.60. The van der Waals surface area contributed by atoms with Gasteiger partial charge in [0, 0.05) is 18.0 Å². The number of aromatic nitrogens is 2. The SMILES string of the molecule is CC#Cc1csc2cnnc(NC)c12. The zero-order valence-corrected chi connectivity index (χ0v) is 8.77. The molecule has 0 fully saturated rings. The summed E-state index contributed by atoms with van der Waals surface area (Å²) in [4.78, 5) is 0. The van der Waals surface area contributed by atoms with E-state index in [0.29, 0.717) is 0 Å². The largest absolute Gasteiger partial charge is 0.371 e. The molecule has 2 rings (SSSR count). The first kappa shape index (κ1) is 8.97. The van der Waals surface area contributed by atoms with Gasteiger partial charge in [0.25, 0.3) is 0 Å². The Morgan fingerprint density at radius 2 is 2.36 bits per heavy atom. The molecule has 2 heterocycles. The van der Waals surface area contributed by atoms with Crippen molar-refractivity contribution < 1.29 is 0 Å². The Balaban J connectivity index is 2.78. The third-order valence-corrected chi connectivity index (χ3v) is 2.80. The summed E-state index contributed by atoms with van der Waals surface area (Å²) in [5, 5.41) is 14.0. The number of fused-ring (bicyclic) bond motifs is 1.